The molecule has 116 valence electrons. The zero-order valence-electron chi connectivity index (χ0n) is 12.7. The van der Waals surface area contributed by atoms with Crippen molar-refractivity contribution in [2.75, 3.05) is 26.0 Å². The molecule has 5 heteroatoms. The van der Waals surface area contributed by atoms with Gasteiger partial charge < -0.3 is 15.0 Å². The maximum Gasteiger partial charge on any atom is 0.279 e. The fourth-order valence-corrected chi connectivity index (χ4v) is 2.21. The van der Waals surface area contributed by atoms with Crippen LogP contribution in [0.5, 0.6) is 5.75 Å². The van der Waals surface area contributed by atoms with Gasteiger partial charge in [0, 0.05) is 17.3 Å². The molecule has 0 aliphatic rings. The van der Waals surface area contributed by atoms with E-state index in [2.05, 4.69) is 5.32 Å². The molecule has 1 amide bonds. The number of likely N-dealkylation sites (N-methyl/N-ethyl adjacent to an activating group) is 1. The molecule has 2 aromatic rings. The number of quaternary nitrogens is 1. The number of hydrogen-bond acceptors (Lipinski definition) is 2. The predicted octanol–water partition coefficient (Wildman–Crippen LogP) is 1.49. The van der Waals surface area contributed by atoms with Crippen molar-refractivity contribution in [3.8, 4) is 5.75 Å². The number of anilines is 1. The van der Waals surface area contributed by atoms with Gasteiger partial charge in [0.25, 0.3) is 5.91 Å². The molecule has 2 N–H and O–H groups in total. The van der Waals surface area contributed by atoms with Crippen LogP contribution in [-0.2, 0) is 11.3 Å². The summed E-state index contributed by atoms with van der Waals surface area (Å²) in [7, 11) is 3.44. The van der Waals surface area contributed by atoms with Crippen LogP contribution in [0.3, 0.4) is 0 Å². The highest BCUT2D eigenvalue weighted by Crippen LogP contribution is 2.16. The highest BCUT2D eigenvalue weighted by Gasteiger charge is 2.13. The highest BCUT2D eigenvalue weighted by molar-refractivity contribution is 5.91. The Morgan fingerprint density at radius 2 is 2.00 bits per heavy atom. The molecule has 1 atom stereocenters. The number of carbonyl (C=O) groups excluding carboxylic acids is 1. The Balaban J connectivity index is 1.90. The minimum Gasteiger partial charge on any atom is -0.497 e. The third-order valence-electron chi connectivity index (χ3n) is 3.27. The van der Waals surface area contributed by atoms with Crippen molar-refractivity contribution in [2.45, 2.75) is 6.54 Å². The highest BCUT2D eigenvalue weighted by atomic mass is 19.1. The summed E-state index contributed by atoms with van der Waals surface area (Å²) in [5.74, 6) is 0.321. The molecule has 4 nitrogen and oxygen atoms in total. The molecule has 0 aromatic heterocycles. The van der Waals surface area contributed by atoms with E-state index in [0.717, 1.165) is 4.90 Å². The van der Waals surface area contributed by atoms with Gasteiger partial charge in [0.15, 0.2) is 6.54 Å². The molecular weight excluding hydrogens is 283 g/mol. The first-order chi connectivity index (χ1) is 10.6. The lowest BCUT2D eigenvalue weighted by Crippen LogP contribution is -3.08. The smallest absolute Gasteiger partial charge is 0.279 e. The Morgan fingerprint density at radius 3 is 2.73 bits per heavy atom. The van der Waals surface area contributed by atoms with E-state index in [1.54, 1.807) is 37.4 Å². The van der Waals surface area contributed by atoms with Gasteiger partial charge in [-0.25, -0.2) is 4.39 Å². The number of carbonyl (C=O) groups is 1. The van der Waals surface area contributed by atoms with Crippen molar-refractivity contribution >= 4 is 11.6 Å². The van der Waals surface area contributed by atoms with Gasteiger partial charge in [-0.05, 0) is 18.2 Å². The summed E-state index contributed by atoms with van der Waals surface area (Å²) >= 11 is 0. The van der Waals surface area contributed by atoms with Gasteiger partial charge >= 0.3 is 0 Å². The second-order valence-corrected chi connectivity index (χ2v) is 5.18. The largest absolute Gasteiger partial charge is 0.497 e. The van der Waals surface area contributed by atoms with Crippen LogP contribution in [0.1, 0.15) is 5.56 Å². The van der Waals surface area contributed by atoms with Crippen molar-refractivity contribution in [3.05, 3.63) is 59.9 Å². The molecule has 0 aliphatic carbocycles. The van der Waals surface area contributed by atoms with Crippen LogP contribution in [0.15, 0.2) is 48.5 Å². The first-order valence-electron chi connectivity index (χ1n) is 7.07. The maximum atomic E-state index is 13.6. The molecule has 0 heterocycles. The minimum atomic E-state index is -0.241. The second kappa shape index (κ2) is 7.56. The average molecular weight is 303 g/mol. The van der Waals surface area contributed by atoms with E-state index in [9.17, 15) is 9.18 Å². The van der Waals surface area contributed by atoms with E-state index >= 15 is 0 Å². The zero-order chi connectivity index (χ0) is 15.9. The molecule has 2 aromatic carbocycles. The number of amides is 1. The number of rotatable bonds is 6. The summed E-state index contributed by atoms with van der Waals surface area (Å²) in [4.78, 5) is 12.9. The van der Waals surface area contributed by atoms with Gasteiger partial charge in [-0.2, -0.15) is 0 Å². The van der Waals surface area contributed by atoms with Crippen LogP contribution in [0.2, 0.25) is 0 Å². The summed E-state index contributed by atoms with van der Waals surface area (Å²) in [6, 6.07) is 13.8. The molecule has 0 fully saturated rings. The van der Waals surface area contributed by atoms with Gasteiger partial charge in [-0.3, -0.25) is 4.79 Å². The SMILES string of the molecule is COc1cccc(NC(=O)C[NH+](C)Cc2ccccc2F)c1. The average Bonchev–Trinajstić information content (AvgIpc) is 2.49. The number of hydrogen-bond donors (Lipinski definition) is 2. The van der Waals surface area contributed by atoms with Crippen molar-refractivity contribution in [2.24, 2.45) is 0 Å². The fourth-order valence-electron chi connectivity index (χ4n) is 2.21. The molecule has 2 rings (SSSR count). The van der Waals surface area contributed by atoms with Gasteiger partial charge in [0.05, 0.1) is 14.2 Å². The molecule has 22 heavy (non-hydrogen) atoms. The number of nitrogens with one attached hydrogen (secondary N) is 2. The normalized spacial score (nSPS) is 11.8. The van der Waals surface area contributed by atoms with E-state index in [4.69, 9.17) is 4.74 Å². The lowest BCUT2D eigenvalue weighted by Gasteiger charge is -2.14. The fraction of sp³-hybridized carbons (Fsp3) is 0.235. The molecule has 1 unspecified atom stereocenters. The Kier molecular flexibility index (Phi) is 5.49. The molecule has 0 bridgehead atoms. The van der Waals surface area contributed by atoms with Crippen LogP contribution in [0.25, 0.3) is 0 Å². The standard InChI is InChI=1S/C17H19FN2O2/c1-20(11-13-6-3-4-9-16(13)18)12-17(21)19-14-7-5-8-15(10-14)22-2/h3-10H,11-12H2,1-2H3,(H,19,21)/p+1. The third-order valence-corrected chi connectivity index (χ3v) is 3.27. The summed E-state index contributed by atoms with van der Waals surface area (Å²) in [5, 5.41) is 2.81. The van der Waals surface area contributed by atoms with Crippen LogP contribution in [0, 0.1) is 5.82 Å². The summed E-state index contributed by atoms with van der Waals surface area (Å²) in [6.07, 6.45) is 0. The number of benzene rings is 2. The number of methoxy groups -OCH3 is 1. The van der Waals surface area contributed by atoms with Crippen molar-refractivity contribution in [3.63, 3.8) is 0 Å². The topological polar surface area (TPSA) is 42.8 Å². The zero-order valence-corrected chi connectivity index (χ0v) is 12.7. The number of ether oxygens (including phenoxy) is 1. The Hall–Kier alpha value is -2.40. The Morgan fingerprint density at radius 1 is 1.23 bits per heavy atom. The first-order valence-corrected chi connectivity index (χ1v) is 7.07. The molecule has 0 aliphatic heterocycles. The van der Waals surface area contributed by atoms with Gasteiger partial charge in [0.1, 0.15) is 18.1 Å². The minimum absolute atomic E-state index is 0.123. The van der Waals surface area contributed by atoms with Crippen LogP contribution >= 0.6 is 0 Å². The lowest BCUT2D eigenvalue weighted by molar-refractivity contribution is -0.885. The maximum absolute atomic E-state index is 13.6. The van der Waals surface area contributed by atoms with Crippen LogP contribution < -0.4 is 15.0 Å². The van der Waals surface area contributed by atoms with Gasteiger partial charge in [-0.1, -0.05) is 24.3 Å². The van der Waals surface area contributed by atoms with E-state index in [1.165, 1.54) is 6.07 Å². The van der Waals surface area contributed by atoms with E-state index in [1.807, 2.05) is 19.2 Å². The van der Waals surface area contributed by atoms with Crippen molar-refractivity contribution < 1.29 is 18.8 Å². The second-order valence-electron chi connectivity index (χ2n) is 5.18. The number of halogens is 1. The van der Waals surface area contributed by atoms with Crippen LogP contribution in [-0.4, -0.2) is 26.6 Å². The van der Waals surface area contributed by atoms with Crippen molar-refractivity contribution in [1.29, 1.82) is 0 Å². The lowest BCUT2D eigenvalue weighted by atomic mass is 10.2. The van der Waals surface area contributed by atoms with Crippen molar-refractivity contribution in [1.82, 2.24) is 0 Å². The summed E-state index contributed by atoms with van der Waals surface area (Å²) in [6.45, 7) is 0.712. The van der Waals surface area contributed by atoms with Gasteiger partial charge in [-0.15, -0.1) is 0 Å². The van der Waals surface area contributed by atoms with E-state index < -0.39 is 0 Å². The molecular formula is C17H20FN2O2+. The molecule has 0 spiro atoms. The van der Waals surface area contributed by atoms with Gasteiger partial charge in [0.2, 0.25) is 0 Å². The predicted molar refractivity (Wildman–Crippen MR) is 83.5 cm³/mol. The Bertz CT molecular complexity index is 646. The first kappa shape index (κ1) is 16.0. The van der Waals surface area contributed by atoms with E-state index in [0.29, 0.717) is 23.5 Å². The summed E-state index contributed by atoms with van der Waals surface area (Å²) in [5.41, 5.74) is 1.29. The quantitative estimate of drug-likeness (QED) is 0.849. The molecule has 0 radical (unpaired) electrons. The molecule has 0 saturated heterocycles. The Labute approximate surface area is 129 Å². The van der Waals surface area contributed by atoms with Crippen LogP contribution in [0.4, 0.5) is 10.1 Å². The summed E-state index contributed by atoms with van der Waals surface area (Å²) < 4.78 is 18.7. The molecule has 0 saturated carbocycles. The van der Waals surface area contributed by atoms with E-state index in [-0.39, 0.29) is 18.3 Å². The third kappa shape index (κ3) is 4.56. The monoisotopic (exact) mass is 303 g/mol.